The molecule has 4 saturated carbocycles. The highest BCUT2D eigenvalue weighted by Crippen LogP contribution is 2.67. The van der Waals surface area contributed by atoms with Crippen LogP contribution in [0.4, 0.5) is 0 Å². The van der Waals surface area contributed by atoms with E-state index in [-0.39, 0.29) is 6.10 Å². The third-order valence-corrected chi connectivity index (χ3v) is 11.2. The fraction of sp³-hybridized carbons (Fsp3) is 1.00. The molecule has 1 nitrogen and oxygen atoms in total. The smallest absolute Gasteiger partial charge is 0.0543 e. The molecule has 0 bridgehead atoms. The number of hydrogen-bond acceptors (Lipinski definition) is 1. The summed E-state index contributed by atoms with van der Waals surface area (Å²) in [5.41, 5.74) is 1.17. The molecule has 162 valence electrons. The number of hydrogen-bond donors (Lipinski definition) is 1. The molecule has 4 aliphatic rings. The van der Waals surface area contributed by atoms with Crippen LogP contribution in [-0.2, 0) is 0 Å². The zero-order chi connectivity index (χ0) is 20.1. The highest BCUT2D eigenvalue weighted by Gasteiger charge is 2.59. The van der Waals surface area contributed by atoms with Crippen molar-refractivity contribution in [3.05, 3.63) is 0 Å². The van der Waals surface area contributed by atoms with Gasteiger partial charge in [0.1, 0.15) is 0 Å². The first-order valence-corrected chi connectivity index (χ1v) is 12.9. The Morgan fingerprint density at radius 2 is 1.57 bits per heavy atom. The van der Waals surface area contributed by atoms with Crippen molar-refractivity contribution in [1.82, 2.24) is 0 Å². The number of aliphatic hydroxyl groups excluding tert-OH is 1. The molecular weight excluding hydrogens is 340 g/mol. The molecular formula is C27H48O. The molecule has 9 atom stereocenters. The van der Waals surface area contributed by atoms with Crippen molar-refractivity contribution < 1.29 is 5.11 Å². The molecule has 1 heteroatoms. The number of aliphatic hydroxyl groups is 1. The van der Waals surface area contributed by atoms with E-state index < -0.39 is 0 Å². The zero-order valence-electron chi connectivity index (χ0n) is 19.6. The maximum absolute atomic E-state index is 10.2. The van der Waals surface area contributed by atoms with E-state index >= 15 is 0 Å². The Hall–Kier alpha value is -0.0400. The van der Waals surface area contributed by atoms with Gasteiger partial charge in [-0.1, -0.05) is 47.5 Å². The molecule has 0 saturated heterocycles. The second kappa shape index (κ2) is 7.90. The summed E-state index contributed by atoms with van der Waals surface area (Å²) in [7, 11) is 0. The van der Waals surface area contributed by atoms with Crippen LogP contribution in [0.5, 0.6) is 0 Å². The normalized spacial score (nSPS) is 49.4. The van der Waals surface area contributed by atoms with Gasteiger partial charge in [-0.3, -0.25) is 0 Å². The van der Waals surface area contributed by atoms with Crippen molar-refractivity contribution in [1.29, 1.82) is 0 Å². The molecule has 4 aliphatic carbocycles. The first-order valence-electron chi connectivity index (χ1n) is 12.9. The Bertz CT molecular complexity index is 540. The predicted molar refractivity (Wildman–Crippen MR) is 119 cm³/mol. The highest BCUT2D eigenvalue weighted by atomic mass is 16.3. The average Bonchev–Trinajstić information content (AvgIpc) is 2.99. The molecule has 0 aromatic heterocycles. The summed E-state index contributed by atoms with van der Waals surface area (Å²) in [4.78, 5) is 0. The maximum Gasteiger partial charge on any atom is 0.0543 e. The second-order valence-corrected chi connectivity index (χ2v) is 12.6. The van der Waals surface area contributed by atoms with Gasteiger partial charge >= 0.3 is 0 Å². The highest BCUT2D eigenvalue weighted by molar-refractivity contribution is 5.09. The van der Waals surface area contributed by atoms with E-state index in [1.807, 2.05) is 0 Å². The maximum atomic E-state index is 10.2. The van der Waals surface area contributed by atoms with Crippen LogP contribution in [0.1, 0.15) is 112 Å². The molecule has 0 heterocycles. The standard InChI is InChI=1S/C27H48O/c1-18(2)19(3)7-6-8-20-10-12-24-23-11-9-21-17-22(28)13-15-27(21,5)25(23)14-16-26(20,24)4/h18-25,28H,6-17H2,1-5H3/t19-,20+,21+,22+,23+,24+,25+,26-,27+/m1/s1. The van der Waals surface area contributed by atoms with E-state index in [9.17, 15) is 5.11 Å². The van der Waals surface area contributed by atoms with Gasteiger partial charge in [-0.2, -0.15) is 0 Å². The lowest BCUT2D eigenvalue weighted by molar-refractivity contribution is -0.127. The summed E-state index contributed by atoms with van der Waals surface area (Å²) < 4.78 is 0. The largest absolute Gasteiger partial charge is 0.393 e. The lowest BCUT2D eigenvalue weighted by Gasteiger charge is -2.61. The lowest BCUT2D eigenvalue weighted by atomic mass is 9.44. The Balaban J connectivity index is 1.42. The van der Waals surface area contributed by atoms with Gasteiger partial charge in [0.2, 0.25) is 0 Å². The first-order chi connectivity index (χ1) is 13.3. The van der Waals surface area contributed by atoms with Gasteiger partial charge < -0.3 is 5.11 Å². The van der Waals surface area contributed by atoms with Crippen molar-refractivity contribution in [3.63, 3.8) is 0 Å². The van der Waals surface area contributed by atoms with Crippen molar-refractivity contribution in [2.45, 2.75) is 118 Å². The van der Waals surface area contributed by atoms with E-state index in [1.54, 1.807) is 0 Å². The van der Waals surface area contributed by atoms with Crippen molar-refractivity contribution in [2.24, 2.45) is 52.3 Å². The first kappa shape index (κ1) is 21.2. The summed E-state index contributed by atoms with van der Waals surface area (Å²) >= 11 is 0. The van der Waals surface area contributed by atoms with Crippen molar-refractivity contribution in [3.8, 4) is 0 Å². The van der Waals surface area contributed by atoms with Crippen molar-refractivity contribution in [2.75, 3.05) is 0 Å². The van der Waals surface area contributed by atoms with E-state index in [2.05, 4.69) is 34.6 Å². The molecule has 0 aliphatic heterocycles. The molecule has 0 amide bonds. The Morgan fingerprint density at radius 3 is 2.32 bits per heavy atom. The van der Waals surface area contributed by atoms with Gasteiger partial charge in [0, 0.05) is 0 Å². The van der Waals surface area contributed by atoms with E-state index in [4.69, 9.17) is 0 Å². The van der Waals surface area contributed by atoms with E-state index in [1.165, 1.54) is 64.2 Å². The van der Waals surface area contributed by atoms with Crippen LogP contribution < -0.4 is 0 Å². The van der Waals surface area contributed by atoms with E-state index in [0.29, 0.717) is 10.8 Å². The SMILES string of the molecule is CC(C)[C@H](C)CCC[C@H]1CC[C@H]2[C@@H]3CC[C@H]4C[C@@H](O)CC[C@]4(C)[C@H]3CC[C@]12C. The second-order valence-electron chi connectivity index (χ2n) is 12.6. The van der Waals surface area contributed by atoms with Gasteiger partial charge in [0.25, 0.3) is 0 Å². The molecule has 0 spiro atoms. The van der Waals surface area contributed by atoms with Crippen LogP contribution >= 0.6 is 0 Å². The molecule has 0 aromatic carbocycles. The third-order valence-electron chi connectivity index (χ3n) is 11.2. The quantitative estimate of drug-likeness (QED) is 0.518. The van der Waals surface area contributed by atoms with Crippen LogP contribution in [0.25, 0.3) is 0 Å². The summed E-state index contributed by atoms with van der Waals surface area (Å²) in [5, 5.41) is 10.2. The minimum Gasteiger partial charge on any atom is -0.393 e. The van der Waals surface area contributed by atoms with Gasteiger partial charge in [0.05, 0.1) is 6.10 Å². The minimum atomic E-state index is -0.00688. The minimum absolute atomic E-state index is 0.00688. The molecule has 4 rings (SSSR count). The summed E-state index contributed by atoms with van der Waals surface area (Å²) in [6.45, 7) is 12.6. The lowest BCUT2D eigenvalue weighted by Crippen LogP contribution is -2.53. The summed E-state index contributed by atoms with van der Waals surface area (Å²) in [6, 6.07) is 0. The number of fused-ring (bicyclic) bond motifs is 5. The van der Waals surface area contributed by atoms with Crippen LogP contribution in [0.3, 0.4) is 0 Å². The Labute approximate surface area is 175 Å². The van der Waals surface area contributed by atoms with Gasteiger partial charge in [-0.15, -0.1) is 0 Å². The van der Waals surface area contributed by atoms with E-state index in [0.717, 1.165) is 54.3 Å². The molecule has 4 fully saturated rings. The molecule has 0 radical (unpaired) electrons. The summed E-state index contributed by atoms with van der Waals surface area (Å²) in [6.07, 6.45) is 16.7. The van der Waals surface area contributed by atoms with Crippen molar-refractivity contribution >= 4 is 0 Å². The third kappa shape index (κ3) is 3.50. The fourth-order valence-electron chi connectivity index (χ4n) is 8.84. The molecule has 0 aromatic rings. The monoisotopic (exact) mass is 388 g/mol. The fourth-order valence-corrected chi connectivity index (χ4v) is 8.84. The van der Waals surface area contributed by atoms with Crippen LogP contribution in [-0.4, -0.2) is 11.2 Å². The molecule has 1 N–H and O–H groups in total. The topological polar surface area (TPSA) is 20.2 Å². The zero-order valence-corrected chi connectivity index (χ0v) is 19.6. The number of rotatable bonds is 5. The van der Waals surface area contributed by atoms with Crippen LogP contribution in [0, 0.1) is 52.3 Å². The van der Waals surface area contributed by atoms with Crippen LogP contribution in [0.2, 0.25) is 0 Å². The van der Waals surface area contributed by atoms with Gasteiger partial charge in [-0.05, 0) is 116 Å². The molecule has 0 unspecified atom stereocenters. The Kier molecular flexibility index (Phi) is 5.98. The van der Waals surface area contributed by atoms with Gasteiger partial charge in [0.15, 0.2) is 0 Å². The average molecular weight is 389 g/mol. The summed E-state index contributed by atoms with van der Waals surface area (Å²) in [5.74, 6) is 6.48. The Morgan fingerprint density at radius 1 is 0.857 bits per heavy atom. The molecule has 28 heavy (non-hydrogen) atoms. The van der Waals surface area contributed by atoms with Gasteiger partial charge in [-0.25, -0.2) is 0 Å². The van der Waals surface area contributed by atoms with Crippen LogP contribution in [0.15, 0.2) is 0 Å². The predicted octanol–water partition coefficient (Wildman–Crippen LogP) is 7.47.